The molecule has 0 radical (unpaired) electrons. The van der Waals surface area contributed by atoms with Crippen LogP contribution in [0.4, 0.5) is 8.78 Å². The summed E-state index contributed by atoms with van der Waals surface area (Å²) in [4.78, 5) is 14.9. The van der Waals surface area contributed by atoms with Crippen LogP contribution in [0.25, 0.3) is 0 Å². The molecular formula is C20H22F2N2O. The molecule has 0 aliphatic carbocycles. The molecule has 0 aromatic heterocycles. The van der Waals surface area contributed by atoms with E-state index < -0.39 is 11.6 Å². The first-order valence-electron chi connectivity index (χ1n) is 8.66. The lowest BCUT2D eigenvalue weighted by atomic mass is 10.0. The van der Waals surface area contributed by atoms with E-state index in [1.807, 2.05) is 30.3 Å². The normalized spacial score (nSPS) is 15.9. The molecule has 3 nitrogen and oxygen atoms in total. The van der Waals surface area contributed by atoms with Crippen molar-refractivity contribution in [2.45, 2.75) is 25.3 Å². The lowest BCUT2D eigenvalue weighted by Gasteiger charge is -2.27. The zero-order chi connectivity index (χ0) is 17.6. The highest BCUT2D eigenvalue weighted by Crippen LogP contribution is 2.25. The number of amides is 1. The van der Waals surface area contributed by atoms with Crippen molar-refractivity contribution < 1.29 is 13.6 Å². The van der Waals surface area contributed by atoms with E-state index in [2.05, 4.69) is 10.2 Å². The van der Waals surface area contributed by atoms with Crippen molar-refractivity contribution in [3.05, 3.63) is 71.3 Å². The van der Waals surface area contributed by atoms with Gasteiger partial charge < -0.3 is 5.32 Å². The molecule has 2 aromatic carbocycles. The van der Waals surface area contributed by atoms with Gasteiger partial charge in [-0.1, -0.05) is 36.4 Å². The molecule has 1 N–H and O–H groups in total. The third kappa shape index (κ3) is 4.42. The fourth-order valence-electron chi connectivity index (χ4n) is 3.30. The summed E-state index contributed by atoms with van der Waals surface area (Å²) < 4.78 is 26.6. The van der Waals surface area contributed by atoms with Crippen molar-refractivity contribution in [2.24, 2.45) is 0 Å². The van der Waals surface area contributed by atoms with Crippen LogP contribution in [0.1, 0.15) is 30.0 Å². The number of carbonyl (C=O) groups is 1. The average Bonchev–Trinajstić information content (AvgIpc) is 3.12. The number of benzene rings is 2. The Morgan fingerprint density at radius 1 is 1.08 bits per heavy atom. The van der Waals surface area contributed by atoms with Gasteiger partial charge in [-0.25, -0.2) is 8.78 Å². The van der Waals surface area contributed by atoms with Crippen molar-refractivity contribution in [2.75, 3.05) is 19.6 Å². The van der Waals surface area contributed by atoms with Crippen molar-refractivity contribution in [1.29, 1.82) is 0 Å². The molecule has 5 heteroatoms. The highest BCUT2D eigenvalue weighted by molar-refractivity contribution is 5.83. The predicted octanol–water partition coefficient (Wildman–Crippen LogP) is 3.46. The minimum absolute atomic E-state index is 0.0735. The van der Waals surface area contributed by atoms with Gasteiger partial charge in [0, 0.05) is 12.6 Å². The van der Waals surface area contributed by atoms with Gasteiger partial charge in [-0.3, -0.25) is 9.69 Å². The molecule has 0 bridgehead atoms. The van der Waals surface area contributed by atoms with Crippen LogP contribution in [0.3, 0.4) is 0 Å². The molecule has 25 heavy (non-hydrogen) atoms. The quantitative estimate of drug-likeness (QED) is 0.870. The summed E-state index contributed by atoms with van der Waals surface area (Å²) in [6.45, 7) is 2.12. The Hall–Kier alpha value is -2.27. The standard InChI is InChI=1S/C20H22F2N2O/c21-17-9-8-15(18(22)14-17)10-11-23-20(25)19(24-12-4-5-13-24)16-6-2-1-3-7-16/h1-3,6-9,14,19H,4-5,10-13H2,(H,23,25). The van der Waals surface area contributed by atoms with Crippen LogP contribution in [0.5, 0.6) is 0 Å². The van der Waals surface area contributed by atoms with E-state index in [1.165, 1.54) is 12.1 Å². The van der Waals surface area contributed by atoms with Crippen molar-refractivity contribution in [3.63, 3.8) is 0 Å². The van der Waals surface area contributed by atoms with Crippen LogP contribution >= 0.6 is 0 Å². The number of likely N-dealkylation sites (tertiary alicyclic amines) is 1. The molecule has 1 aliphatic rings. The van der Waals surface area contributed by atoms with Crippen molar-refractivity contribution >= 4 is 5.91 Å². The third-order valence-electron chi connectivity index (χ3n) is 4.58. The number of nitrogens with one attached hydrogen (secondary N) is 1. The second-order valence-corrected chi connectivity index (χ2v) is 6.33. The topological polar surface area (TPSA) is 32.3 Å². The summed E-state index contributed by atoms with van der Waals surface area (Å²) in [5.41, 5.74) is 1.37. The van der Waals surface area contributed by atoms with Gasteiger partial charge in [0.15, 0.2) is 0 Å². The van der Waals surface area contributed by atoms with Crippen LogP contribution in [-0.4, -0.2) is 30.4 Å². The summed E-state index contributed by atoms with van der Waals surface area (Å²) in [7, 11) is 0. The van der Waals surface area contributed by atoms with Gasteiger partial charge in [0.1, 0.15) is 17.7 Å². The Bertz CT molecular complexity index is 715. The molecule has 1 atom stereocenters. The van der Waals surface area contributed by atoms with Gasteiger partial charge >= 0.3 is 0 Å². The van der Waals surface area contributed by atoms with Crippen molar-refractivity contribution in [1.82, 2.24) is 10.2 Å². The molecule has 1 amide bonds. The summed E-state index contributed by atoms with van der Waals surface area (Å²) in [6, 6.07) is 12.9. The van der Waals surface area contributed by atoms with Crippen molar-refractivity contribution in [3.8, 4) is 0 Å². The molecule has 1 fully saturated rings. The minimum Gasteiger partial charge on any atom is -0.354 e. The Balaban J connectivity index is 1.64. The van der Waals surface area contributed by atoms with Gasteiger partial charge in [0.25, 0.3) is 0 Å². The fourth-order valence-corrected chi connectivity index (χ4v) is 3.30. The van der Waals surface area contributed by atoms with Gasteiger partial charge in [-0.15, -0.1) is 0 Å². The van der Waals surface area contributed by atoms with Crippen LogP contribution in [0.15, 0.2) is 48.5 Å². The highest BCUT2D eigenvalue weighted by Gasteiger charge is 2.29. The summed E-state index contributed by atoms with van der Waals surface area (Å²) in [6.07, 6.45) is 2.52. The molecule has 3 rings (SSSR count). The number of nitrogens with zero attached hydrogens (tertiary/aromatic N) is 1. The van der Waals surface area contributed by atoms with Crippen LogP contribution in [-0.2, 0) is 11.2 Å². The third-order valence-corrected chi connectivity index (χ3v) is 4.58. The Morgan fingerprint density at radius 3 is 2.48 bits per heavy atom. The molecule has 1 aliphatic heterocycles. The molecule has 0 saturated carbocycles. The first kappa shape index (κ1) is 17.5. The van der Waals surface area contributed by atoms with E-state index in [1.54, 1.807) is 0 Å². The van der Waals surface area contributed by atoms with Gasteiger partial charge in [-0.2, -0.15) is 0 Å². The summed E-state index contributed by atoms with van der Waals surface area (Å²) >= 11 is 0. The molecule has 1 unspecified atom stereocenters. The number of carbonyl (C=O) groups excluding carboxylic acids is 1. The van der Waals surface area contributed by atoms with E-state index >= 15 is 0 Å². The van der Waals surface area contributed by atoms with E-state index in [-0.39, 0.29) is 11.9 Å². The molecule has 1 saturated heterocycles. The second kappa shape index (κ2) is 8.21. The molecule has 132 valence electrons. The lowest BCUT2D eigenvalue weighted by Crippen LogP contribution is -2.40. The Morgan fingerprint density at radius 2 is 1.80 bits per heavy atom. The Kier molecular flexibility index (Phi) is 5.76. The predicted molar refractivity (Wildman–Crippen MR) is 93.1 cm³/mol. The molecule has 2 aromatic rings. The molecule has 0 spiro atoms. The Labute approximate surface area is 146 Å². The summed E-state index contributed by atoms with van der Waals surface area (Å²) in [5.74, 6) is -1.24. The average molecular weight is 344 g/mol. The maximum Gasteiger partial charge on any atom is 0.241 e. The monoisotopic (exact) mass is 344 g/mol. The van der Waals surface area contributed by atoms with E-state index in [0.29, 0.717) is 18.5 Å². The smallest absolute Gasteiger partial charge is 0.241 e. The minimum atomic E-state index is -0.594. The molecular weight excluding hydrogens is 322 g/mol. The molecule has 1 heterocycles. The van der Waals surface area contributed by atoms with Crippen LogP contribution in [0, 0.1) is 11.6 Å². The maximum absolute atomic E-state index is 13.7. The maximum atomic E-state index is 13.7. The lowest BCUT2D eigenvalue weighted by molar-refractivity contribution is -0.126. The highest BCUT2D eigenvalue weighted by atomic mass is 19.1. The zero-order valence-electron chi connectivity index (χ0n) is 14.1. The van der Waals surface area contributed by atoms with Gasteiger partial charge in [0.05, 0.1) is 0 Å². The van der Waals surface area contributed by atoms with Crippen LogP contribution < -0.4 is 5.32 Å². The first-order valence-corrected chi connectivity index (χ1v) is 8.66. The SMILES string of the molecule is O=C(NCCc1ccc(F)cc1F)C(c1ccccc1)N1CCCC1. The largest absolute Gasteiger partial charge is 0.354 e. The fraction of sp³-hybridized carbons (Fsp3) is 0.350. The first-order chi connectivity index (χ1) is 12.1. The zero-order valence-corrected chi connectivity index (χ0v) is 14.1. The van der Waals surface area contributed by atoms with E-state index in [9.17, 15) is 13.6 Å². The number of hydrogen-bond donors (Lipinski definition) is 1. The number of hydrogen-bond acceptors (Lipinski definition) is 2. The van der Waals surface area contributed by atoms with Gasteiger partial charge in [0.2, 0.25) is 5.91 Å². The second-order valence-electron chi connectivity index (χ2n) is 6.33. The van der Waals surface area contributed by atoms with E-state index in [0.717, 1.165) is 37.6 Å². The van der Waals surface area contributed by atoms with Gasteiger partial charge in [-0.05, 0) is 49.5 Å². The van der Waals surface area contributed by atoms with Crippen LogP contribution in [0.2, 0.25) is 0 Å². The summed E-state index contributed by atoms with van der Waals surface area (Å²) in [5, 5.41) is 2.91. The number of rotatable bonds is 6. The number of halogens is 2. The van der Waals surface area contributed by atoms with E-state index in [4.69, 9.17) is 0 Å².